The highest BCUT2D eigenvalue weighted by Crippen LogP contribution is 2.19. The molecule has 1 atom stereocenters. The van der Waals surface area contributed by atoms with Gasteiger partial charge in [0.05, 0.1) is 10.7 Å². The number of piperidine rings is 1. The van der Waals surface area contributed by atoms with Gasteiger partial charge in [0.2, 0.25) is 5.91 Å². The van der Waals surface area contributed by atoms with Crippen molar-refractivity contribution in [3.8, 4) is 0 Å². The third kappa shape index (κ3) is 3.83. The minimum absolute atomic E-state index is 0.171. The molecule has 0 radical (unpaired) electrons. The van der Waals surface area contributed by atoms with Crippen LogP contribution in [-0.2, 0) is 4.79 Å². The van der Waals surface area contributed by atoms with E-state index in [0.717, 1.165) is 44.0 Å². The van der Waals surface area contributed by atoms with Gasteiger partial charge in [-0.1, -0.05) is 11.6 Å². The summed E-state index contributed by atoms with van der Waals surface area (Å²) in [5, 5.41) is 4.02. The smallest absolute Gasteiger partial charge is 0.219 e. The van der Waals surface area contributed by atoms with E-state index in [1.807, 2.05) is 24.0 Å². The molecule has 4 nitrogen and oxygen atoms in total. The summed E-state index contributed by atoms with van der Waals surface area (Å²) in [6.45, 7) is 6.11. The van der Waals surface area contributed by atoms with Gasteiger partial charge in [-0.3, -0.25) is 4.79 Å². The van der Waals surface area contributed by atoms with Crippen LogP contribution in [-0.4, -0.2) is 35.4 Å². The van der Waals surface area contributed by atoms with Crippen LogP contribution in [0.15, 0.2) is 12.1 Å². The predicted molar refractivity (Wildman–Crippen MR) is 77.5 cm³/mol. The van der Waals surface area contributed by atoms with Gasteiger partial charge in [0.25, 0.3) is 0 Å². The van der Waals surface area contributed by atoms with Crippen molar-refractivity contribution in [1.82, 2.24) is 9.88 Å². The Morgan fingerprint density at radius 1 is 1.58 bits per heavy atom. The molecule has 0 bridgehead atoms. The van der Waals surface area contributed by atoms with Crippen molar-refractivity contribution in [2.75, 3.05) is 25.0 Å². The Hall–Kier alpha value is -1.29. The molecule has 0 spiro atoms. The summed E-state index contributed by atoms with van der Waals surface area (Å²) in [6.07, 6.45) is 2.24. The fourth-order valence-electron chi connectivity index (χ4n) is 2.41. The van der Waals surface area contributed by atoms with Crippen molar-refractivity contribution < 1.29 is 4.79 Å². The standard InChI is InChI=1S/C14H20ClN3O/c1-10-13(15)5-6-14(17-10)16-8-12-4-3-7-18(9-12)11(2)19/h5-6,12H,3-4,7-9H2,1-2H3,(H,16,17)/t12-/m1/s1. The molecule has 1 saturated heterocycles. The van der Waals surface area contributed by atoms with E-state index >= 15 is 0 Å². The summed E-state index contributed by atoms with van der Waals surface area (Å²) in [7, 11) is 0. The molecule has 5 heteroatoms. The van der Waals surface area contributed by atoms with Gasteiger partial charge in [0, 0.05) is 26.6 Å². The molecule has 1 aliphatic heterocycles. The van der Waals surface area contributed by atoms with Gasteiger partial charge in [-0.2, -0.15) is 0 Å². The van der Waals surface area contributed by atoms with Crippen molar-refractivity contribution in [2.24, 2.45) is 5.92 Å². The molecule has 2 heterocycles. The number of halogens is 1. The SMILES string of the molecule is CC(=O)N1CCC[C@H](CNc2ccc(Cl)c(C)n2)C1. The Morgan fingerprint density at radius 3 is 3.05 bits per heavy atom. The van der Waals surface area contributed by atoms with E-state index in [4.69, 9.17) is 11.6 Å². The van der Waals surface area contributed by atoms with Gasteiger partial charge in [-0.15, -0.1) is 0 Å². The van der Waals surface area contributed by atoms with Crippen molar-refractivity contribution in [3.63, 3.8) is 0 Å². The van der Waals surface area contributed by atoms with Gasteiger partial charge >= 0.3 is 0 Å². The molecular formula is C14H20ClN3O. The molecule has 1 aromatic heterocycles. The van der Waals surface area contributed by atoms with Crippen molar-refractivity contribution in [3.05, 3.63) is 22.8 Å². The third-order valence-corrected chi connectivity index (χ3v) is 3.96. The lowest BCUT2D eigenvalue weighted by atomic mass is 9.98. The van der Waals surface area contributed by atoms with Crippen molar-refractivity contribution >= 4 is 23.3 Å². The van der Waals surface area contributed by atoms with E-state index in [9.17, 15) is 4.79 Å². The molecule has 0 saturated carbocycles. The Kier molecular flexibility index (Phi) is 4.64. The molecule has 104 valence electrons. The second kappa shape index (κ2) is 6.24. The van der Waals surface area contributed by atoms with E-state index in [1.54, 1.807) is 6.92 Å². The number of nitrogens with zero attached hydrogens (tertiary/aromatic N) is 2. The molecule has 0 aromatic carbocycles. The zero-order chi connectivity index (χ0) is 13.8. The van der Waals surface area contributed by atoms with Gasteiger partial charge in [-0.05, 0) is 37.8 Å². The maximum absolute atomic E-state index is 11.4. The number of hydrogen-bond donors (Lipinski definition) is 1. The summed E-state index contributed by atoms with van der Waals surface area (Å²) >= 11 is 5.95. The molecule has 1 aliphatic rings. The van der Waals surface area contributed by atoms with E-state index in [2.05, 4.69) is 10.3 Å². The van der Waals surface area contributed by atoms with Crippen LogP contribution in [0.25, 0.3) is 0 Å². The first-order chi connectivity index (χ1) is 9.06. The molecule has 2 rings (SSSR count). The highest BCUT2D eigenvalue weighted by atomic mass is 35.5. The van der Waals surface area contributed by atoms with E-state index < -0.39 is 0 Å². The third-order valence-electron chi connectivity index (χ3n) is 3.56. The molecule has 1 fully saturated rings. The topological polar surface area (TPSA) is 45.2 Å². The number of nitrogens with one attached hydrogen (secondary N) is 1. The van der Waals surface area contributed by atoms with E-state index in [0.29, 0.717) is 10.9 Å². The second-order valence-electron chi connectivity index (χ2n) is 5.12. The van der Waals surface area contributed by atoms with Crippen molar-refractivity contribution in [1.29, 1.82) is 0 Å². The fraction of sp³-hybridized carbons (Fsp3) is 0.571. The largest absolute Gasteiger partial charge is 0.370 e. The summed E-state index contributed by atoms with van der Waals surface area (Å²) in [6, 6.07) is 3.75. The number of amides is 1. The van der Waals surface area contributed by atoms with Crippen LogP contribution in [0.1, 0.15) is 25.5 Å². The van der Waals surface area contributed by atoms with E-state index in [-0.39, 0.29) is 5.91 Å². The minimum atomic E-state index is 0.171. The summed E-state index contributed by atoms with van der Waals surface area (Å²) in [5.41, 5.74) is 0.834. The van der Waals surface area contributed by atoms with Crippen LogP contribution < -0.4 is 5.32 Å². The molecule has 0 unspecified atom stereocenters. The lowest BCUT2D eigenvalue weighted by molar-refractivity contribution is -0.130. The molecule has 1 N–H and O–H groups in total. The van der Waals surface area contributed by atoms with Crippen molar-refractivity contribution in [2.45, 2.75) is 26.7 Å². The monoisotopic (exact) mass is 281 g/mol. The highest BCUT2D eigenvalue weighted by molar-refractivity contribution is 6.31. The first-order valence-corrected chi connectivity index (χ1v) is 7.06. The average molecular weight is 282 g/mol. The molecule has 1 amide bonds. The number of carbonyl (C=O) groups is 1. The maximum Gasteiger partial charge on any atom is 0.219 e. The number of aromatic nitrogens is 1. The minimum Gasteiger partial charge on any atom is -0.370 e. The van der Waals surface area contributed by atoms with Crippen LogP contribution in [0.4, 0.5) is 5.82 Å². The van der Waals surface area contributed by atoms with Crippen LogP contribution in [0.5, 0.6) is 0 Å². The number of pyridine rings is 1. The van der Waals surface area contributed by atoms with Gasteiger partial charge in [0.1, 0.15) is 5.82 Å². The number of rotatable bonds is 3. The van der Waals surface area contributed by atoms with Crippen LogP contribution in [0, 0.1) is 12.8 Å². The number of hydrogen-bond acceptors (Lipinski definition) is 3. The Balaban J connectivity index is 1.87. The second-order valence-corrected chi connectivity index (χ2v) is 5.53. The number of aryl methyl sites for hydroxylation is 1. The quantitative estimate of drug-likeness (QED) is 0.927. The Bertz CT molecular complexity index is 464. The summed E-state index contributed by atoms with van der Waals surface area (Å²) in [5.74, 6) is 1.52. The van der Waals surface area contributed by atoms with Gasteiger partial charge in [-0.25, -0.2) is 4.98 Å². The zero-order valence-corrected chi connectivity index (χ0v) is 12.2. The first-order valence-electron chi connectivity index (χ1n) is 6.69. The molecule has 1 aromatic rings. The molecule has 0 aliphatic carbocycles. The lowest BCUT2D eigenvalue weighted by Gasteiger charge is -2.32. The molecule has 19 heavy (non-hydrogen) atoms. The van der Waals surface area contributed by atoms with E-state index in [1.165, 1.54) is 0 Å². The average Bonchev–Trinajstić information content (AvgIpc) is 2.40. The lowest BCUT2D eigenvalue weighted by Crippen LogP contribution is -2.40. The van der Waals surface area contributed by atoms with Crippen LogP contribution in [0.2, 0.25) is 5.02 Å². The Morgan fingerprint density at radius 2 is 2.37 bits per heavy atom. The van der Waals surface area contributed by atoms with Crippen LogP contribution >= 0.6 is 11.6 Å². The maximum atomic E-state index is 11.4. The fourth-order valence-corrected chi connectivity index (χ4v) is 2.51. The van der Waals surface area contributed by atoms with Crippen LogP contribution in [0.3, 0.4) is 0 Å². The molecular weight excluding hydrogens is 262 g/mol. The predicted octanol–water partition coefficient (Wildman–Crippen LogP) is 2.71. The van der Waals surface area contributed by atoms with Gasteiger partial charge < -0.3 is 10.2 Å². The Labute approximate surface area is 119 Å². The summed E-state index contributed by atoms with van der Waals surface area (Å²) < 4.78 is 0. The van der Waals surface area contributed by atoms with Gasteiger partial charge in [0.15, 0.2) is 0 Å². The number of carbonyl (C=O) groups excluding carboxylic acids is 1. The summed E-state index contributed by atoms with van der Waals surface area (Å²) in [4.78, 5) is 17.7. The number of likely N-dealkylation sites (tertiary alicyclic amines) is 1. The highest BCUT2D eigenvalue weighted by Gasteiger charge is 2.21. The first kappa shape index (κ1) is 14.1. The zero-order valence-electron chi connectivity index (χ0n) is 11.4. The normalized spacial score (nSPS) is 19.3. The number of anilines is 1.